The summed E-state index contributed by atoms with van der Waals surface area (Å²) in [4.78, 5) is 15.1. The number of aromatic nitrogens is 2. The van der Waals surface area contributed by atoms with E-state index in [1.165, 1.54) is 0 Å². The number of benzene rings is 1. The molecule has 2 aromatic heterocycles. The van der Waals surface area contributed by atoms with Crippen LogP contribution in [0.3, 0.4) is 0 Å². The minimum Gasteiger partial charge on any atom is -0.492 e. The zero-order valence-electron chi connectivity index (χ0n) is 13.7. The van der Waals surface area contributed by atoms with E-state index in [1.807, 2.05) is 48.7 Å². The van der Waals surface area contributed by atoms with Gasteiger partial charge in [0.05, 0.1) is 17.1 Å². The van der Waals surface area contributed by atoms with Gasteiger partial charge >= 0.3 is 0 Å². The second-order valence-electron chi connectivity index (χ2n) is 5.54. The molecule has 0 unspecified atom stereocenters. The average molecular weight is 341 g/mol. The topological polar surface area (TPSA) is 58.2 Å². The molecule has 0 saturated heterocycles. The van der Waals surface area contributed by atoms with Crippen LogP contribution in [0.25, 0.3) is 10.6 Å². The van der Waals surface area contributed by atoms with Crippen molar-refractivity contribution in [2.75, 3.05) is 20.2 Å². The molecule has 2 heterocycles. The van der Waals surface area contributed by atoms with E-state index < -0.39 is 0 Å². The molecule has 0 saturated carbocycles. The number of thiophene rings is 1. The van der Waals surface area contributed by atoms with E-state index in [9.17, 15) is 4.79 Å². The van der Waals surface area contributed by atoms with Crippen molar-refractivity contribution in [1.82, 2.24) is 15.1 Å². The number of nitrogens with one attached hydrogen (secondary N) is 1. The maximum Gasteiger partial charge on any atom is 0.274 e. The van der Waals surface area contributed by atoms with Crippen molar-refractivity contribution in [1.29, 1.82) is 0 Å². The fourth-order valence-electron chi connectivity index (χ4n) is 2.29. The van der Waals surface area contributed by atoms with Gasteiger partial charge in [-0.1, -0.05) is 18.2 Å². The fraction of sp³-hybridized carbons (Fsp3) is 0.222. The molecule has 0 fully saturated rings. The molecule has 5 nitrogen and oxygen atoms in total. The van der Waals surface area contributed by atoms with Gasteiger partial charge in [0.2, 0.25) is 0 Å². The highest BCUT2D eigenvalue weighted by molar-refractivity contribution is 7.13. The van der Waals surface area contributed by atoms with Crippen LogP contribution in [-0.4, -0.2) is 41.2 Å². The Bertz CT molecular complexity index is 811. The summed E-state index contributed by atoms with van der Waals surface area (Å²) in [6.45, 7) is 2.95. The van der Waals surface area contributed by atoms with Gasteiger partial charge in [-0.2, -0.15) is 5.10 Å². The Morgan fingerprint density at radius 3 is 2.92 bits per heavy atom. The number of aryl methyl sites for hydroxylation is 1. The SMILES string of the molecule is Cc1cccc(OCCN(C)C(=O)c2cc(-c3cccs3)[nH]n2)c1. The molecular weight excluding hydrogens is 322 g/mol. The smallest absolute Gasteiger partial charge is 0.274 e. The number of hydrogen-bond donors (Lipinski definition) is 1. The lowest BCUT2D eigenvalue weighted by molar-refractivity contribution is 0.0768. The minimum atomic E-state index is -0.123. The first-order valence-corrected chi connectivity index (χ1v) is 8.55. The normalized spacial score (nSPS) is 10.6. The Hall–Kier alpha value is -2.60. The summed E-state index contributed by atoms with van der Waals surface area (Å²) in [5, 5.41) is 9.03. The molecule has 0 aliphatic rings. The Morgan fingerprint density at radius 1 is 1.29 bits per heavy atom. The summed E-state index contributed by atoms with van der Waals surface area (Å²) in [5.74, 6) is 0.692. The van der Waals surface area contributed by atoms with Gasteiger partial charge in [-0.15, -0.1) is 11.3 Å². The van der Waals surface area contributed by atoms with Crippen LogP contribution in [0.5, 0.6) is 5.75 Å². The molecule has 6 heteroatoms. The fourth-order valence-corrected chi connectivity index (χ4v) is 2.98. The number of ether oxygens (including phenoxy) is 1. The maximum atomic E-state index is 12.4. The summed E-state index contributed by atoms with van der Waals surface area (Å²) in [5.41, 5.74) is 2.42. The molecule has 24 heavy (non-hydrogen) atoms. The lowest BCUT2D eigenvalue weighted by Gasteiger charge is -2.16. The van der Waals surface area contributed by atoms with Gasteiger partial charge in [-0.25, -0.2) is 0 Å². The number of nitrogens with zero attached hydrogens (tertiary/aromatic N) is 2. The van der Waals surface area contributed by atoms with E-state index in [-0.39, 0.29) is 5.91 Å². The summed E-state index contributed by atoms with van der Waals surface area (Å²) in [7, 11) is 1.75. The van der Waals surface area contributed by atoms with Crippen LogP contribution in [0, 0.1) is 6.92 Å². The molecule has 0 bridgehead atoms. The Labute approximate surface area is 144 Å². The summed E-state index contributed by atoms with van der Waals surface area (Å²) in [6, 6.07) is 13.6. The van der Waals surface area contributed by atoms with Gasteiger partial charge in [-0.05, 0) is 42.1 Å². The number of aromatic amines is 1. The molecule has 3 aromatic rings. The van der Waals surface area contributed by atoms with E-state index in [1.54, 1.807) is 29.4 Å². The second-order valence-corrected chi connectivity index (χ2v) is 6.48. The van der Waals surface area contributed by atoms with Crippen LogP contribution >= 0.6 is 11.3 Å². The van der Waals surface area contributed by atoms with Gasteiger partial charge < -0.3 is 9.64 Å². The predicted octanol–water partition coefficient (Wildman–Crippen LogP) is 3.60. The van der Waals surface area contributed by atoms with Gasteiger partial charge in [0.1, 0.15) is 12.4 Å². The van der Waals surface area contributed by atoms with Gasteiger partial charge in [0.15, 0.2) is 5.69 Å². The van der Waals surface area contributed by atoms with Crippen molar-refractivity contribution in [2.24, 2.45) is 0 Å². The van der Waals surface area contributed by atoms with E-state index in [0.29, 0.717) is 18.8 Å². The van der Waals surface area contributed by atoms with Crippen LogP contribution in [0.15, 0.2) is 47.8 Å². The number of likely N-dealkylation sites (N-methyl/N-ethyl adjacent to an activating group) is 1. The molecule has 124 valence electrons. The van der Waals surface area contributed by atoms with Gasteiger partial charge in [0.25, 0.3) is 5.91 Å². The first kappa shape index (κ1) is 16.3. The third-order valence-electron chi connectivity index (χ3n) is 3.62. The monoisotopic (exact) mass is 341 g/mol. The summed E-state index contributed by atoms with van der Waals surface area (Å²) in [6.07, 6.45) is 0. The second kappa shape index (κ2) is 7.31. The van der Waals surface area contributed by atoms with Crippen LogP contribution in [0.2, 0.25) is 0 Å². The molecule has 1 amide bonds. The lowest BCUT2D eigenvalue weighted by Crippen LogP contribution is -2.31. The van der Waals surface area contributed by atoms with Crippen molar-refractivity contribution in [3.05, 3.63) is 59.1 Å². The van der Waals surface area contributed by atoms with Gasteiger partial charge in [-0.3, -0.25) is 9.89 Å². The molecule has 1 N–H and O–H groups in total. The van der Waals surface area contributed by atoms with Crippen molar-refractivity contribution in [3.8, 4) is 16.3 Å². The molecule has 0 radical (unpaired) electrons. The lowest BCUT2D eigenvalue weighted by atomic mass is 10.2. The van der Waals surface area contributed by atoms with Crippen molar-refractivity contribution in [2.45, 2.75) is 6.92 Å². The zero-order chi connectivity index (χ0) is 16.9. The summed E-state index contributed by atoms with van der Waals surface area (Å²) >= 11 is 1.61. The largest absolute Gasteiger partial charge is 0.492 e. The number of carbonyl (C=O) groups excluding carboxylic acids is 1. The summed E-state index contributed by atoms with van der Waals surface area (Å²) < 4.78 is 5.69. The first-order chi connectivity index (χ1) is 11.6. The third kappa shape index (κ3) is 3.83. The highest BCUT2D eigenvalue weighted by Crippen LogP contribution is 2.23. The third-order valence-corrected chi connectivity index (χ3v) is 4.52. The van der Waals surface area contributed by atoms with Crippen molar-refractivity contribution in [3.63, 3.8) is 0 Å². The molecule has 1 aromatic carbocycles. The van der Waals surface area contributed by atoms with E-state index >= 15 is 0 Å². The molecule has 0 atom stereocenters. The predicted molar refractivity (Wildman–Crippen MR) is 95.5 cm³/mol. The number of amides is 1. The molecular formula is C18H19N3O2S. The van der Waals surface area contributed by atoms with Crippen LogP contribution in [0.4, 0.5) is 0 Å². The van der Waals surface area contributed by atoms with Crippen molar-refractivity contribution < 1.29 is 9.53 Å². The Balaban J connectivity index is 1.55. The quantitative estimate of drug-likeness (QED) is 0.745. The average Bonchev–Trinajstić information content (AvgIpc) is 3.25. The molecule has 0 aliphatic carbocycles. The highest BCUT2D eigenvalue weighted by atomic mass is 32.1. The van der Waals surface area contributed by atoms with Gasteiger partial charge in [0, 0.05) is 7.05 Å². The van der Waals surface area contributed by atoms with Crippen LogP contribution in [-0.2, 0) is 0 Å². The Kier molecular flexibility index (Phi) is 4.96. The van der Waals surface area contributed by atoms with E-state index in [2.05, 4.69) is 10.2 Å². The van der Waals surface area contributed by atoms with Crippen LogP contribution < -0.4 is 4.74 Å². The molecule has 0 aliphatic heterocycles. The van der Waals surface area contributed by atoms with Crippen molar-refractivity contribution >= 4 is 17.2 Å². The number of rotatable bonds is 6. The zero-order valence-corrected chi connectivity index (χ0v) is 14.5. The standard InChI is InChI=1S/C18H19N3O2S/c1-13-5-3-6-14(11-13)23-9-8-21(2)18(22)16-12-15(19-20-16)17-7-4-10-24-17/h3-7,10-12H,8-9H2,1-2H3,(H,19,20). The highest BCUT2D eigenvalue weighted by Gasteiger charge is 2.16. The van der Waals surface area contributed by atoms with E-state index in [4.69, 9.17) is 4.74 Å². The first-order valence-electron chi connectivity index (χ1n) is 7.68. The molecule has 3 rings (SSSR count). The maximum absolute atomic E-state index is 12.4. The molecule has 0 spiro atoms. The number of carbonyl (C=O) groups is 1. The van der Waals surface area contributed by atoms with E-state index in [0.717, 1.165) is 21.9 Å². The number of H-pyrrole nitrogens is 1. The number of hydrogen-bond acceptors (Lipinski definition) is 4. The Morgan fingerprint density at radius 2 is 2.17 bits per heavy atom. The minimum absolute atomic E-state index is 0.123. The van der Waals surface area contributed by atoms with Crippen LogP contribution in [0.1, 0.15) is 16.1 Å².